The van der Waals surface area contributed by atoms with Gasteiger partial charge in [0.2, 0.25) is 0 Å². The van der Waals surface area contributed by atoms with Crippen LogP contribution in [-0.4, -0.2) is 58.7 Å². The first-order valence-corrected chi connectivity index (χ1v) is 6.45. The largest absolute Gasteiger partial charge is 0.508 e. The Labute approximate surface area is 113 Å². The molecule has 0 saturated carbocycles. The van der Waals surface area contributed by atoms with Crippen LogP contribution in [0.2, 0.25) is 0 Å². The van der Waals surface area contributed by atoms with E-state index in [1.165, 1.54) is 6.07 Å². The van der Waals surface area contributed by atoms with E-state index >= 15 is 0 Å². The molecule has 0 aliphatic carbocycles. The average molecular weight is 264 g/mol. The predicted octanol–water partition coefficient (Wildman–Crippen LogP) is 1.15. The number of hydrogen-bond acceptors (Lipinski definition) is 4. The molecule has 1 aliphatic heterocycles. The third kappa shape index (κ3) is 3.05. The Kier molecular flexibility index (Phi) is 4.07. The maximum atomic E-state index is 11.6. The number of likely N-dealkylation sites (N-methyl/N-ethyl adjacent to an activating group) is 1. The third-order valence-electron chi connectivity index (χ3n) is 3.63. The van der Waals surface area contributed by atoms with Crippen molar-refractivity contribution in [1.82, 2.24) is 9.80 Å². The fraction of sp³-hybridized carbons (Fsp3) is 0.500. The molecule has 104 valence electrons. The Balaban J connectivity index is 2.28. The monoisotopic (exact) mass is 264 g/mol. The minimum Gasteiger partial charge on any atom is -0.508 e. The van der Waals surface area contributed by atoms with Crippen molar-refractivity contribution in [3.63, 3.8) is 0 Å². The molecule has 0 aromatic heterocycles. The molecule has 5 nitrogen and oxygen atoms in total. The second kappa shape index (κ2) is 5.59. The first-order valence-electron chi connectivity index (χ1n) is 6.45. The molecule has 1 heterocycles. The number of nitrogens with zero attached hydrogens (tertiary/aromatic N) is 2. The number of carbonyl (C=O) groups is 1. The van der Waals surface area contributed by atoms with Gasteiger partial charge in [-0.15, -0.1) is 0 Å². The third-order valence-corrected chi connectivity index (χ3v) is 3.63. The standard InChI is InChI=1S/C14H20N2O3/c1-10-9-15(2)6-7-16(10)13(14(18)19)11-4-3-5-12(17)8-11/h3-5,8,10,13,17H,6-7,9H2,1-2H3,(H,18,19). The highest BCUT2D eigenvalue weighted by molar-refractivity contribution is 5.75. The lowest BCUT2D eigenvalue weighted by atomic mass is 10.0. The Morgan fingerprint density at radius 1 is 1.42 bits per heavy atom. The highest BCUT2D eigenvalue weighted by Gasteiger charge is 2.33. The van der Waals surface area contributed by atoms with E-state index in [2.05, 4.69) is 4.90 Å². The number of hydrogen-bond donors (Lipinski definition) is 2. The van der Waals surface area contributed by atoms with Crippen LogP contribution in [0.15, 0.2) is 24.3 Å². The summed E-state index contributed by atoms with van der Waals surface area (Å²) >= 11 is 0. The van der Waals surface area contributed by atoms with E-state index in [1.54, 1.807) is 18.2 Å². The highest BCUT2D eigenvalue weighted by Crippen LogP contribution is 2.27. The summed E-state index contributed by atoms with van der Waals surface area (Å²) < 4.78 is 0. The molecular weight excluding hydrogens is 244 g/mol. The maximum absolute atomic E-state index is 11.6. The Morgan fingerprint density at radius 3 is 2.74 bits per heavy atom. The molecule has 0 bridgehead atoms. The quantitative estimate of drug-likeness (QED) is 0.857. The molecule has 2 unspecified atom stereocenters. The summed E-state index contributed by atoms with van der Waals surface area (Å²) in [6.45, 7) is 4.45. The zero-order chi connectivity index (χ0) is 14.0. The van der Waals surface area contributed by atoms with Crippen LogP contribution < -0.4 is 0 Å². The van der Waals surface area contributed by atoms with Gasteiger partial charge in [-0.2, -0.15) is 0 Å². The number of carboxylic acid groups (broad SMARTS) is 1. The van der Waals surface area contributed by atoms with E-state index in [4.69, 9.17) is 0 Å². The van der Waals surface area contributed by atoms with E-state index in [0.29, 0.717) is 12.1 Å². The van der Waals surface area contributed by atoms with Crippen molar-refractivity contribution in [2.75, 3.05) is 26.7 Å². The molecular formula is C14H20N2O3. The number of aliphatic carboxylic acids is 1. The van der Waals surface area contributed by atoms with Gasteiger partial charge >= 0.3 is 5.97 Å². The molecule has 2 rings (SSSR count). The summed E-state index contributed by atoms with van der Waals surface area (Å²) in [5.41, 5.74) is 0.629. The summed E-state index contributed by atoms with van der Waals surface area (Å²) in [6.07, 6.45) is 0. The topological polar surface area (TPSA) is 64.0 Å². The van der Waals surface area contributed by atoms with Gasteiger partial charge in [0.25, 0.3) is 0 Å². The smallest absolute Gasteiger partial charge is 0.325 e. The van der Waals surface area contributed by atoms with Crippen molar-refractivity contribution >= 4 is 5.97 Å². The zero-order valence-corrected chi connectivity index (χ0v) is 11.3. The van der Waals surface area contributed by atoms with Crippen molar-refractivity contribution in [2.24, 2.45) is 0 Å². The van der Waals surface area contributed by atoms with Gasteiger partial charge in [0, 0.05) is 25.7 Å². The number of aromatic hydroxyl groups is 1. The fourth-order valence-corrected chi connectivity index (χ4v) is 2.71. The van der Waals surface area contributed by atoms with Gasteiger partial charge in [0.15, 0.2) is 0 Å². The first-order chi connectivity index (χ1) is 8.99. The van der Waals surface area contributed by atoms with Crippen LogP contribution >= 0.6 is 0 Å². The van der Waals surface area contributed by atoms with Crippen molar-refractivity contribution in [2.45, 2.75) is 19.0 Å². The normalized spacial score (nSPS) is 23.2. The van der Waals surface area contributed by atoms with Crippen molar-refractivity contribution in [3.05, 3.63) is 29.8 Å². The highest BCUT2D eigenvalue weighted by atomic mass is 16.4. The van der Waals surface area contributed by atoms with E-state index < -0.39 is 12.0 Å². The number of carboxylic acids is 1. The van der Waals surface area contributed by atoms with Gasteiger partial charge in [-0.3, -0.25) is 9.69 Å². The van der Waals surface area contributed by atoms with Crippen LogP contribution in [0.3, 0.4) is 0 Å². The fourth-order valence-electron chi connectivity index (χ4n) is 2.71. The molecule has 0 spiro atoms. The molecule has 0 radical (unpaired) electrons. The average Bonchev–Trinajstić information content (AvgIpc) is 2.32. The van der Waals surface area contributed by atoms with Gasteiger partial charge in [-0.1, -0.05) is 12.1 Å². The summed E-state index contributed by atoms with van der Waals surface area (Å²) in [4.78, 5) is 15.8. The second-order valence-corrected chi connectivity index (χ2v) is 5.18. The van der Waals surface area contributed by atoms with Crippen LogP contribution in [0, 0.1) is 0 Å². The summed E-state index contributed by atoms with van der Waals surface area (Å²) in [5.74, 6) is -0.771. The van der Waals surface area contributed by atoms with Crippen LogP contribution in [0.4, 0.5) is 0 Å². The molecule has 5 heteroatoms. The Morgan fingerprint density at radius 2 is 2.16 bits per heavy atom. The van der Waals surface area contributed by atoms with E-state index in [-0.39, 0.29) is 11.8 Å². The van der Waals surface area contributed by atoms with Crippen molar-refractivity contribution in [1.29, 1.82) is 0 Å². The first kappa shape index (κ1) is 13.8. The van der Waals surface area contributed by atoms with Gasteiger partial charge in [0.05, 0.1) is 0 Å². The second-order valence-electron chi connectivity index (χ2n) is 5.18. The lowest BCUT2D eigenvalue weighted by Crippen LogP contribution is -2.53. The lowest BCUT2D eigenvalue weighted by molar-refractivity contribution is -0.145. The molecule has 1 aromatic rings. The maximum Gasteiger partial charge on any atom is 0.325 e. The van der Waals surface area contributed by atoms with Gasteiger partial charge in [0.1, 0.15) is 11.8 Å². The van der Waals surface area contributed by atoms with E-state index in [9.17, 15) is 15.0 Å². The number of benzene rings is 1. The molecule has 1 aromatic carbocycles. The van der Waals surface area contributed by atoms with Crippen molar-refractivity contribution in [3.8, 4) is 5.75 Å². The van der Waals surface area contributed by atoms with E-state index in [1.807, 2.05) is 18.9 Å². The molecule has 0 amide bonds. The molecule has 1 saturated heterocycles. The van der Waals surface area contributed by atoms with Gasteiger partial charge in [-0.05, 0) is 31.7 Å². The molecule has 2 N–H and O–H groups in total. The summed E-state index contributed by atoms with van der Waals surface area (Å²) in [7, 11) is 2.04. The molecule has 1 fully saturated rings. The minimum atomic E-state index is -0.873. The van der Waals surface area contributed by atoms with Crippen LogP contribution in [0.25, 0.3) is 0 Å². The SMILES string of the molecule is CC1CN(C)CCN1C(C(=O)O)c1cccc(O)c1. The summed E-state index contributed by atoms with van der Waals surface area (Å²) in [5, 5.41) is 19.0. The number of phenols is 1. The van der Waals surface area contributed by atoms with Crippen LogP contribution in [0.1, 0.15) is 18.5 Å². The predicted molar refractivity (Wildman–Crippen MR) is 72.1 cm³/mol. The van der Waals surface area contributed by atoms with Crippen LogP contribution in [0.5, 0.6) is 5.75 Å². The van der Waals surface area contributed by atoms with Crippen molar-refractivity contribution < 1.29 is 15.0 Å². The van der Waals surface area contributed by atoms with Crippen LogP contribution in [-0.2, 0) is 4.79 Å². The molecule has 1 aliphatic rings. The Hall–Kier alpha value is -1.59. The number of rotatable bonds is 3. The number of piperazine rings is 1. The minimum absolute atomic E-state index is 0.102. The Bertz CT molecular complexity index is 464. The van der Waals surface area contributed by atoms with Gasteiger partial charge < -0.3 is 15.1 Å². The van der Waals surface area contributed by atoms with Gasteiger partial charge in [-0.25, -0.2) is 0 Å². The number of phenolic OH excluding ortho intramolecular Hbond substituents is 1. The summed E-state index contributed by atoms with van der Waals surface area (Å²) in [6, 6.07) is 5.99. The lowest BCUT2D eigenvalue weighted by Gasteiger charge is -2.41. The molecule has 2 atom stereocenters. The zero-order valence-electron chi connectivity index (χ0n) is 11.3. The molecule has 19 heavy (non-hydrogen) atoms. The van der Waals surface area contributed by atoms with E-state index in [0.717, 1.165) is 13.1 Å².